The summed E-state index contributed by atoms with van der Waals surface area (Å²) in [6.07, 6.45) is 4.15. The Balaban J connectivity index is 2.62. The maximum absolute atomic E-state index is 11.2. The monoisotopic (exact) mass is 281 g/mol. The van der Waals surface area contributed by atoms with Crippen LogP contribution in [0.5, 0.6) is 5.75 Å². The predicted octanol–water partition coefficient (Wildman–Crippen LogP) is 3.04. The summed E-state index contributed by atoms with van der Waals surface area (Å²) in [7, 11) is 5.12. The first-order valence-electron chi connectivity index (χ1n) is 9.24. The Morgan fingerprint density at radius 1 is 1.25 bits per heavy atom. The van der Waals surface area contributed by atoms with Crippen molar-refractivity contribution < 1.29 is 15.3 Å². The molecule has 112 valence electrons. The van der Waals surface area contributed by atoms with Gasteiger partial charge in [-0.15, -0.1) is 0 Å². The summed E-state index contributed by atoms with van der Waals surface area (Å²) in [5, 5.41) is 11.2. The van der Waals surface area contributed by atoms with Crippen molar-refractivity contribution in [3.05, 3.63) is 29.7 Å². The summed E-state index contributed by atoms with van der Waals surface area (Å²) in [6.45, 7) is 0.472. The molecule has 1 aromatic carbocycles. The van der Waals surface area contributed by atoms with Crippen LogP contribution in [0.3, 0.4) is 0 Å². The third-order valence-electron chi connectivity index (χ3n) is 4.09. The van der Waals surface area contributed by atoms with E-state index < -0.39 is 11.5 Å². The molecule has 1 aliphatic carbocycles. The molecule has 0 amide bonds. The Morgan fingerprint density at radius 3 is 2.35 bits per heavy atom. The fourth-order valence-corrected chi connectivity index (χ4v) is 2.99. The van der Waals surface area contributed by atoms with E-state index in [9.17, 15) is 5.11 Å². The SMILES string of the molecule is [2H]c1c([2H])c([C@@H](CN(C)C)C2(O)CCCCC2)c([2H])c([2H])c1OC. The van der Waals surface area contributed by atoms with Gasteiger partial charge in [0, 0.05) is 12.5 Å². The molecule has 0 heterocycles. The Morgan fingerprint density at radius 2 is 1.85 bits per heavy atom. The largest absolute Gasteiger partial charge is 0.497 e. The second-order valence-electron chi connectivity index (χ2n) is 5.93. The number of methoxy groups -OCH3 is 1. The first-order valence-corrected chi connectivity index (χ1v) is 7.24. The van der Waals surface area contributed by atoms with E-state index in [1.54, 1.807) is 0 Å². The lowest BCUT2D eigenvalue weighted by Gasteiger charge is -2.40. The van der Waals surface area contributed by atoms with E-state index in [2.05, 4.69) is 0 Å². The van der Waals surface area contributed by atoms with Crippen molar-refractivity contribution >= 4 is 0 Å². The predicted molar refractivity (Wildman–Crippen MR) is 82.3 cm³/mol. The van der Waals surface area contributed by atoms with Gasteiger partial charge < -0.3 is 14.7 Å². The summed E-state index contributed by atoms with van der Waals surface area (Å²) in [4.78, 5) is 1.92. The van der Waals surface area contributed by atoms with E-state index in [4.69, 9.17) is 10.2 Å². The molecular weight excluding hydrogens is 250 g/mol. The molecule has 2 rings (SSSR count). The average Bonchev–Trinajstić information content (AvgIpc) is 2.53. The lowest BCUT2D eigenvalue weighted by Crippen LogP contribution is -2.42. The second kappa shape index (κ2) is 6.59. The van der Waals surface area contributed by atoms with Crippen LogP contribution in [0.15, 0.2) is 24.2 Å². The summed E-state index contributed by atoms with van der Waals surface area (Å²) in [5.41, 5.74) is -0.703. The van der Waals surface area contributed by atoms with Crippen LogP contribution in [-0.4, -0.2) is 43.4 Å². The van der Waals surface area contributed by atoms with Gasteiger partial charge in [-0.3, -0.25) is 0 Å². The number of rotatable bonds is 5. The van der Waals surface area contributed by atoms with E-state index in [-0.39, 0.29) is 29.9 Å². The molecule has 3 nitrogen and oxygen atoms in total. The van der Waals surface area contributed by atoms with E-state index in [1.165, 1.54) is 7.11 Å². The highest BCUT2D eigenvalue weighted by molar-refractivity contribution is 5.31. The molecule has 0 bridgehead atoms. The van der Waals surface area contributed by atoms with E-state index in [0.717, 1.165) is 19.3 Å². The smallest absolute Gasteiger partial charge is 0.118 e. The first-order chi connectivity index (χ1) is 11.2. The molecule has 1 atom stereocenters. The van der Waals surface area contributed by atoms with Crippen molar-refractivity contribution in [2.24, 2.45) is 0 Å². The van der Waals surface area contributed by atoms with Crippen LogP contribution in [0.4, 0.5) is 0 Å². The van der Waals surface area contributed by atoms with Gasteiger partial charge in [0.2, 0.25) is 0 Å². The van der Waals surface area contributed by atoms with E-state index in [0.29, 0.717) is 24.9 Å². The second-order valence-corrected chi connectivity index (χ2v) is 5.93. The number of hydrogen-bond acceptors (Lipinski definition) is 3. The molecule has 0 radical (unpaired) electrons. The van der Waals surface area contributed by atoms with Gasteiger partial charge in [0.15, 0.2) is 0 Å². The fraction of sp³-hybridized carbons (Fsp3) is 0.647. The maximum atomic E-state index is 11.2. The van der Waals surface area contributed by atoms with Crippen LogP contribution in [0.1, 0.15) is 49.1 Å². The quantitative estimate of drug-likeness (QED) is 0.900. The topological polar surface area (TPSA) is 32.7 Å². The number of aliphatic hydroxyl groups is 1. The third-order valence-corrected chi connectivity index (χ3v) is 4.09. The van der Waals surface area contributed by atoms with Gasteiger partial charge in [0.05, 0.1) is 18.2 Å². The molecule has 0 unspecified atom stereocenters. The number of ether oxygens (including phenoxy) is 1. The molecule has 0 spiro atoms. The molecule has 1 aliphatic rings. The van der Waals surface area contributed by atoms with Gasteiger partial charge in [-0.05, 0) is 44.6 Å². The van der Waals surface area contributed by atoms with E-state index >= 15 is 0 Å². The molecule has 1 N–H and O–H groups in total. The van der Waals surface area contributed by atoms with Crippen LogP contribution in [-0.2, 0) is 0 Å². The summed E-state index contributed by atoms with van der Waals surface area (Å²) in [5.74, 6) is -0.514. The molecular formula is C17H27NO2. The Bertz CT molecular complexity index is 572. The minimum Gasteiger partial charge on any atom is -0.497 e. The molecule has 3 heteroatoms. The number of likely N-dealkylation sites (N-methyl/N-ethyl adjacent to an activating group) is 1. The number of benzene rings is 1. The minimum atomic E-state index is -0.998. The van der Waals surface area contributed by atoms with E-state index in [1.807, 2.05) is 19.0 Å². The molecule has 0 aliphatic heterocycles. The van der Waals surface area contributed by atoms with Crippen molar-refractivity contribution in [2.75, 3.05) is 27.7 Å². The first kappa shape index (κ1) is 10.6. The number of hydrogen-bond donors (Lipinski definition) is 1. The minimum absolute atomic E-state index is 0.0482. The van der Waals surface area contributed by atoms with Crippen LogP contribution in [0.25, 0.3) is 0 Å². The zero-order valence-corrected chi connectivity index (χ0v) is 12.6. The van der Waals surface area contributed by atoms with Crippen LogP contribution >= 0.6 is 0 Å². The van der Waals surface area contributed by atoms with Gasteiger partial charge in [-0.25, -0.2) is 0 Å². The average molecular weight is 281 g/mol. The van der Waals surface area contributed by atoms with Crippen molar-refractivity contribution in [1.82, 2.24) is 4.90 Å². The number of nitrogens with zero attached hydrogens (tertiary/aromatic N) is 1. The van der Waals surface area contributed by atoms with Crippen molar-refractivity contribution in [3.8, 4) is 5.75 Å². The zero-order valence-electron chi connectivity index (χ0n) is 16.6. The molecule has 0 saturated heterocycles. The molecule has 20 heavy (non-hydrogen) atoms. The van der Waals surface area contributed by atoms with Crippen molar-refractivity contribution in [1.29, 1.82) is 0 Å². The molecule has 1 fully saturated rings. The summed E-state index contributed by atoms with van der Waals surface area (Å²) in [6, 6.07) is -0.592. The Hall–Kier alpha value is -1.06. The van der Waals surface area contributed by atoms with Gasteiger partial charge in [-0.2, -0.15) is 0 Å². The van der Waals surface area contributed by atoms with Crippen molar-refractivity contribution in [2.45, 2.75) is 43.6 Å². The van der Waals surface area contributed by atoms with Gasteiger partial charge in [-0.1, -0.05) is 31.3 Å². The summed E-state index contributed by atoms with van der Waals surface area (Å²) >= 11 is 0. The van der Waals surface area contributed by atoms with Gasteiger partial charge in [0.1, 0.15) is 5.75 Å². The normalized spacial score (nSPS) is 22.6. The van der Waals surface area contributed by atoms with Gasteiger partial charge >= 0.3 is 0 Å². The highest BCUT2D eigenvalue weighted by Crippen LogP contribution is 2.40. The zero-order chi connectivity index (χ0) is 18.1. The Labute approximate surface area is 128 Å². The molecule has 1 saturated carbocycles. The lowest BCUT2D eigenvalue weighted by atomic mass is 9.72. The van der Waals surface area contributed by atoms with Crippen LogP contribution in [0.2, 0.25) is 0 Å². The summed E-state index contributed by atoms with van der Waals surface area (Å²) < 4.78 is 38.0. The van der Waals surface area contributed by atoms with Crippen molar-refractivity contribution in [3.63, 3.8) is 0 Å². The van der Waals surface area contributed by atoms with Crippen LogP contribution in [0, 0.1) is 0 Å². The molecule has 0 aromatic heterocycles. The maximum Gasteiger partial charge on any atom is 0.118 e. The highest BCUT2D eigenvalue weighted by Gasteiger charge is 2.38. The lowest BCUT2D eigenvalue weighted by molar-refractivity contribution is -0.0277. The van der Waals surface area contributed by atoms with Gasteiger partial charge in [0.25, 0.3) is 0 Å². The molecule has 1 aromatic rings. The highest BCUT2D eigenvalue weighted by atomic mass is 16.5. The fourth-order valence-electron chi connectivity index (χ4n) is 2.99. The standard InChI is InChI=1S/C17H27NO2/c1-18(2)13-16(17(19)11-5-4-6-12-17)14-7-9-15(20-3)10-8-14/h7-10,16,19H,4-6,11-13H2,1-3H3/t16-/m1/s1/i7D,8D,9D,10D. The Kier molecular flexibility index (Phi) is 3.51. The third kappa shape index (κ3) is 3.53. The van der Waals surface area contributed by atoms with Crippen LogP contribution < -0.4 is 4.74 Å².